The Balaban J connectivity index is 2.92. The van der Waals surface area contributed by atoms with E-state index in [4.69, 9.17) is 22.1 Å². The first-order chi connectivity index (χ1) is 6.13. The van der Waals surface area contributed by atoms with Crippen molar-refractivity contribution >= 4 is 11.6 Å². The van der Waals surface area contributed by atoms with Gasteiger partial charge >= 0.3 is 0 Å². The van der Waals surface area contributed by atoms with E-state index in [2.05, 4.69) is 0 Å². The highest BCUT2D eigenvalue weighted by atomic mass is 35.5. The molecule has 1 aromatic rings. The summed E-state index contributed by atoms with van der Waals surface area (Å²) in [7, 11) is 1.64. The third-order valence-electron chi connectivity index (χ3n) is 1.79. The average molecular weight is 200 g/mol. The van der Waals surface area contributed by atoms with Gasteiger partial charge in [-0.05, 0) is 31.0 Å². The first kappa shape index (κ1) is 10.4. The molecule has 1 aromatic carbocycles. The van der Waals surface area contributed by atoms with Crippen molar-refractivity contribution in [2.75, 3.05) is 7.11 Å². The van der Waals surface area contributed by atoms with Crippen molar-refractivity contribution < 1.29 is 4.74 Å². The molecule has 0 aromatic heterocycles. The van der Waals surface area contributed by atoms with Gasteiger partial charge in [-0.1, -0.05) is 17.7 Å². The third-order valence-corrected chi connectivity index (χ3v) is 2.03. The van der Waals surface area contributed by atoms with Crippen LogP contribution < -0.4 is 10.5 Å². The molecule has 0 fully saturated rings. The van der Waals surface area contributed by atoms with Gasteiger partial charge in [0.1, 0.15) is 5.75 Å². The molecule has 0 heterocycles. The van der Waals surface area contributed by atoms with E-state index in [0.717, 1.165) is 17.7 Å². The second-order valence-electron chi connectivity index (χ2n) is 3.14. The number of benzene rings is 1. The Kier molecular flexibility index (Phi) is 3.58. The van der Waals surface area contributed by atoms with Gasteiger partial charge in [-0.15, -0.1) is 0 Å². The van der Waals surface area contributed by atoms with E-state index in [1.165, 1.54) is 0 Å². The smallest absolute Gasteiger partial charge is 0.123 e. The Bertz CT molecular complexity index is 286. The molecule has 1 rings (SSSR count). The third kappa shape index (κ3) is 2.90. The summed E-state index contributed by atoms with van der Waals surface area (Å²) in [6, 6.07) is 5.74. The average Bonchev–Trinajstić information content (AvgIpc) is 2.07. The van der Waals surface area contributed by atoms with Crippen molar-refractivity contribution in [3.05, 3.63) is 28.8 Å². The van der Waals surface area contributed by atoms with Crippen LogP contribution in [0.1, 0.15) is 12.5 Å². The van der Waals surface area contributed by atoms with Crippen molar-refractivity contribution in [2.45, 2.75) is 19.4 Å². The normalized spacial score (nSPS) is 12.6. The summed E-state index contributed by atoms with van der Waals surface area (Å²) in [6.07, 6.45) is 0.806. The lowest BCUT2D eigenvalue weighted by molar-refractivity contribution is 0.408. The number of ether oxygens (including phenoxy) is 1. The lowest BCUT2D eigenvalue weighted by atomic mass is 10.1. The zero-order valence-electron chi connectivity index (χ0n) is 7.88. The maximum atomic E-state index is 5.82. The Labute approximate surface area is 83.6 Å². The number of hydrogen-bond acceptors (Lipinski definition) is 2. The Hall–Kier alpha value is -0.730. The van der Waals surface area contributed by atoms with Crippen LogP contribution in [-0.4, -0.2) is 13.2 Å². The molecule has 2 N–H and O–H groups in total. The van der Waals surface area contributed by atoms with Gasteiger partial charge in [0, 0.05) is 11.1 Å². The Morgan fingerprint density at radius 3 is 2.77 bits per heavy atom. The molecule has 0 saturated carbocycles. The molecule has 0 spiro atoms. The first-order valence-electron chi connectivity index (χ1n) is 4.21. The standard InChI is InChI=1S/C10H14ClNO/c1-7(12)5-8-3-4-9(11)6-10(8)13-2/h3-4,6-7H,5,12H2,1-2H3. The molecule has 13 heavy (non-hydrogen) atoms. The molecule has 0 aliphatic carbocycles. The van der Waals surface area contributed by atoms with Gasteiger partial charge < -0.3 is 10.5 Å². The van der Waals surface area contributed by atoms with Crippen LogP contribution in [0.15, 0.2) is 18.2 Å². The number of nitrogens with two attached hydrogens (primary N) is 1. The van der Waals surface area contributed by atoms with E-state index in [1.807, 2.05) is 19.1 Å². The minimum atomic E-state index is 0.134. The van der Waals surface area contributed by atoms with Crippen LogP contribution in [0.25, 0.3) is 0 Å². The topological polar surface area (TPSA) is 35.2 Å². The van der Waals surface area contributed by atoms with Crippen molar-refractivity contribution in [3.8, 4) is 5.75 Å². The van der Waals surface area contributed by atoms with Crippen molar-refractivity contribution in [1.29, 1.82) is 0 Å². The van der Waals surface area contributed by atoms with Crippen LogP contribution in [0.2, 0.25) is 5.02 Å². The molecule has 2 nitrogen and oxygen atoms in total. The van der Waals surface area contributed by atoms with Crippen molar-refractivity contribution in [1.82, 2.24) is 0 Å². The van der Waals surface area contributed by atoms with E-state index in [0.29, 0.717) is 5.02 Å². The minimum absolute atomic E-state index is 0.134. The summed E-state index contributed by atoms with van der Waals surface area (Å²) in [5.74, 6) is 0.810. The van der Waals surface area contributed by atoms with Crippen LogP contribution >= 0.6 is 11.6 Å². The summed E-state index contributed by atoms with van der Waals surface area (Å²) < 4.78 is 5.19. The highest BCUT2D eigenvalue weighted by molar-refractivity contribution is 6.30. The predicted octanol–water partition coefficient (Wildman–Crippen LogP) is 2.24. The molecular weight excluding hydrogens is 186 g/mol. The maximum absolute atomic E-state index is 5.82. The zero-order valence-corrected chi connectivity index (χ0v) is 8.64. The first-order valence-corrected chi connectivity index (χ1v) is 4.59. The van der Waals surface area contributed by atoms with Gasteiger partial charge in [0.2, 0.25) is 0 Å². The zero-order chi connectivity index (χ0) is 9.84. The fourth-order valence-corrected chi connectivity index (χ4v) is 1.40. The van der Waals surface area contributed by atoms with Crippen molar-refractivity contribution in [2.24, 2.45) is 5.73 Å². The summed E-state index contributed by atoms with van der Waals surface area (Å²) >= 11 is 5.82. The van der Waals surface area contributed by atoms with Crippen LogP contribution in [0.3, 0.4) is 0 Å². The molecule has 0 amide bonds. The summed E-state index contributed by atoms with van der Waals surface area (Å²) in [4.78, 5) is 0. The lowest BCUT2D eigenvalue weighted by Crippen LogP contribution is -2.18. The SMILES string of the molecule is COc1cc(Cl)ccc1CC(C)N. The lowest BCUT2D eigenvalue weighted by Gasteiger charge is -2.10. The Morgan fingerprint density at radius 1 is 1.54 bits per heavy atom. The van der Waals surface area contributed by atoms with E-state index in [9.17, 15) is 0 Å². The highest BCUT2D eigenvalue weighted by Gasteiger charge is 2.05. The molecule has 0 bridgehead atoms. The van der Waals surface area contributed by atoms with Gasteiger partial charge in [0.25, 0.3) is 0 Å². The molecule has 3 heteroatoms. The van der Waals surface area contributed by atoms with E-state index in [1.54, 1.807) is 13.2 Å². The minimum Gasteiger partial charge on any atom is -0.496 e. The summed E-state index contributed by atoms with van der Waals surface area (Å²) in [6.45, 7) is 1.97. The predicted molar refractivity (Wildman–Crippen MR) is 55.4 cm³/mol. The fourth-order valence-electron chi connectivity index (χ4n) is 1.23. The summed E-state index contributed by atoms with van der Waals surface area (Å²) in [5.41, 5.74) is 6.80. The maximum Gasteiger partial charge on any atom is 0.123 e. The number of halogens is 1. The van der Waals surface area contributed by atoms with E-state index in [-0.39, 0.29) is 6.04 Å². The van der Waals surface area contributed by atoms with Crippen molar-refractivity contribution in [3.63, 3.8) is 0 Å². The molecule has 1 unspecified atom stereocenters. The second kappa shape index (κ2) is 4.49. The molecule has 1 atom stereocenters. The van der Waals surface area contributed by atoms with Crippen LogP contribution in [0.4, 0.5) is 0 Å². The van der Waals surface area contributed by atoms with Crippen LogP contribution in [-0.2, 0) is 6.42 Å². The largest absolute Gasteiger partial charge is 0.496 e. The van der Waals surface area contributed by atoms with Crippen LogP contribution in [0.5, 0.6) is 5.75 Å². The Morgan fingerprint density at radius 2 is 2.23 bits per heavy atom. The second-order valence-corrected chi connectivity index (χ2v) is 3.57. The quantitative estimate of drug-likeness (QED) is 0.811. The van der Waals surface area contributed by atoms with Gasteiger partial charge in [-0.2, -0.15) is 0 Å². The monoisotopic (exact) mass is 199 g/mol. The molecule has 72 valence electrons. The fraction of sp³-hybridized carbons (Fsp3) is 0.400. The van der Waals surface area contributed by atoms with E-state index >= 15 is 0 Å². The number of methoxy groups -OCH3 is 1. The molecule has 0 radical (unpaired) electrons. The van der Waals surface area contributed by atoms with Gasteiger partial charge in [0.05, 0.1) is 7.11 Å². The van der Waals surface area contributed by atoms with Gasteiger partial charge in [-0.3, -0.25) is 0 Å². The van der Waals surface area contributed by atoms with E-state index < -0.39 is 0 Å². The highest BCUT2D eigenvalue weighted by Crippen LogP contribution is 2.23. The number of hydrogen-bond donors (Lipinski definition) is 1. The molecular formula is C10H14ClNO. The molecule has 0 saturated heterocycles. The molecule has 0 aliphatic rings. The summed E-state index contributed by atoms with van der Waals surface area (Å²) in [5, 5.41) is 0.685. The van der Waals surface area contributed by atoms with Gasteiger partial charge in [-0.25, -0.2) is 0 Å². The molecule has 0 aliphatic heterocycles. The van der Waals surface area contributed by atoms with Crippen LogP contribution in [0, 0.1) is 0 Å². The number of rotatable bonds is 3. The van der Waals surface area contributed by atoms with Gasteiger partial charge in [0.15, 0.2) is 0 Å².